The number of aliphatic hydroxyl groups excluding tert-OH is 1. The second kappa shape index (κ2) is 10.8. The molecule has 2 heterocycles. The van der Waals surface area contributed by atoms with Crippen LogP contribution in [0, 0.1) is 10.1 Å². The highest BCUT2D eigenvalue weighted by molar-refractivity contribution is 6.28. The molecule has 1 aliphatic carbocycles. The maximum atomic E-state index is 13.3. The Morgan fingerprint density at radius 2 is 2.11 bits per heavy atom. The quantitative estimate of drug-likeness (QED) is 0.188. The molecule has 0 bridgehead atoms. The summed E-state index contributed by atoms with van der Waals surface area (Å²) in [7, 11) is 1.30. The number of nitrogens with zero attached hydrogens (tertiary/aromatic N) is 5. The van der Waals surface area contributed by atoms with Crippen LogP contribution in [0.1, 0.15) is 29.7 Å². The van der Waals surface area contributed by atoms with Crippen molar-refractivity contribution in [3.8, 4) is 0 Å². The molecule has 0 spiro atoms. The SMILES string of the molecule is C=CC(=O)N1CCN(c2nc(Cl)nc(CC3(C(=O)OC)CCCc4ccccc43)c2[N+](=O)[O-])C(CO)C1. The van der Waals surface area contributed by atoms with Gasteiger partial charge in [-0.3, -0.25) is 19.7 Å². The Morgan fingerprint density at radius 3 is 2.78 bits per heavy atom. The van der Waals surface area contributed by atoms with Gasteiger partial charge in [0, 0.05) is 26.1 Å². The van der Waals surface area contributed by atoms with Crippen molar-refractivity contribution in [3.63, 3.8) is 0 Å². The second-order valence-corrected chi connectivity index (χ2v) is 9.49. The third-order valence-corrected chi connectivity index (χ3v) is 7.34. The summed E-state index contributed by atoms with van der Waals surface area (Å²) in [5, 5.41) is 22.3. The number of hydrogen-bond acceptors (Lipinski definition) is 9. The third kappa shape index (κ3) is 4.88. The van der Waals surface area contributed by atoms with Crippen molar-refractivity contribution in [3.05, 3.63) is 69.1 Å². The zero-order valence-electron chi connectivity index (χ0n) is 20.4. The van der Waals surface area contributed by atoms with Crippen molar-refractivity contribution >= 4 is 35.0 Å². The van der Waals surface area contributed by atoms with E-state index in [4.69, 9.17) is 16.3 Å². The first-order valence-corrected chi connectivity index (χ1v) is 12.3. The van der Waals surface area contributed by atoms with Crippen LogP contribution < -0.4 is 4.90 Å². The lowest BCUT2D eigenvalue weighted by atomic mass is 9.67. The third-order valence-electron chi connectivity index (χ3n) is 7.17. The number of aromatic nitrogens is 2. The number of amides is 1. The van der Waals surface area contributed by atoms with Gasteiger partial charge in [-0.15, -0.1) is 0 Å². The first-order chi connectivity index (χ1) is 17.7. The molecule has 2 atom stereocenters. The number of carbonyl (C=O) groups excluding carboxylic acids is 2. The van der Waals surface area contributed by atoms with E-state index >= 15 is 0 Å². The monoisotopic (exact) mass is 529 g/mol. The number of carbonyl (C=O) groups is 2. The minimum Gasteiger partial charge on any atom is -0.468 e. The lowest BCUT2D eigenvalue weighted by Gasteiger charge is -2.41. The first kappa shape index (κ1) is 26.5. The largest absolute Gasteiger partial charge is 0.468 e. The summed E-state index contributed by atoms with van der Waals surface area (Å²) >= 11 is 6.29. The van der Waals surface area contributed by atoms with Gasteiger partial charge in [-0.25, -0.2) is 4.98 Å². The number of methoxy groups -OCH3 is 1. The first-order valence-electron chi connectivity index (χ1n) is 11.9. The van der Waals surface area contributed by atoms with Crippen LogP contribution in [-0.4, -0.2) is 76.2 Å². The van der Waals surface area contributed by atoms with Crippen LogP contribution in [0.3, 0.4) is 0 Å². The van der Waals surface area contributed by atoms with Crippen molar-refractivity contribution in [2.24, 2.45) is 0 Å². The molecule has 2 aliphatic rings. The maximum absolute atomic E-state index is 13.3. The van der Waals surface area contributed by atoms with Crippen LogP contribution >= 0.6 is 11.6 Å². The molecule has 2 unspecified atom stereocenters. The number of piperazine rings is 1. The molecule has 0 radical (unpaired) electrons. The number of ether oxygens (including phenoxy) is 1. The Morgan fingerprint density at radius 1 is 1.35 bits per heavy atom. The Balaban J connectivity index is 1.82. The van der Waals surface area contributed by atoms with Crippen LogP contribution in [0.2, 0.25) is 5.28 Å². The topological polar surface area (TPSA) is 139 Å². The average Bonchev–Trinajstić information content (AvgIpc) is 2.91. The fourth-order valence-corrected chi connectivity index (χ4v) is 5.64. The van der Waals surface area contributed by atoms with Crippen LogP contribution in [0.25, 0.3) is 0 Å². The van der Waals surface area contributed by atoms with E-state index in [0.29, 0.717) is 12.8 Å². The fourth-order valence-electron chi connectivity index (χ4n) is 5.46. The van der Waals surface area contributed by atoms with Crippen LogP contribution in [0.4, 0.5) is 11.5 Å². The summed E-state index contributed by atoms with van der Waals surface area (Å²) in [5.74, 6) is -0.867. The molecular weight excluding hydrogens is 502 g/mol. The zero-order valence-corrected chi connectivity index (χ0v) is 21.2. The summed E-state index contributed by atoms with van der Waals surface area (Å²) in [6.45, 7) is 3.65. The van der Waals surface area contributed by atoms with E-state index in [2.05, 4.69) is 16.5 Å². The van der Waals surface area contributed by atoms with Gasteiger partial charge in [-0.2, -0.15) is 4.98 Å². The van der Waals surface area contributed by atoms with Gasteiger partial charge in [0.15, 0.2) is 0 Å². The molecule has 1 saturated heterocycles. The number of aryl methyl sites for hydroxylation is 1. The van der Waals surface area contributed by atoms with E-state index in [9.17, 15) is 24.8 Å². The lowest BCUT2D eigenvalue weighted by molar-refractivity contribution is -0.385. The van der Waals surface area contributed by atoms with Gasteiger partial charge in [0.25, 0.3) is 0 Å². The number of esters is 1. The molecule has 37 heavy (non-hydrogen) atoms. The number of hydrogen-bond donors (Lipinski definition) is 1. The zero-order chi connectivity index (χ0) is 26.7. The highest BCUT2D eigenvalue weighted by Gasteiger charge is 2.47. The number of rotatable bonds is 7. The van der Waals surface area contributed by atoms with Gasteiger partial charge >= 0.3 is 11.7 Å². The maximum Gasteiger partial charge on any atom is 0.333 e. The van der Waals surface area contributed by atoms with Gasteiger partial charge in [0.05, 0.1) is 30.1 Å². The Labute approximate surface area is 218 Å². The van der Waals surface area contributed by atoms with Crippen molar-refractivity contribution in [1.82, 2.24) is 14.9 Å². The number of aliphatic hydroxyl groups is 1. The number of nitro groups is 1. The number of halogens is 1. The summed E-state index contributed by atoms with van der Waals surface area (Å²) in [5.41, 5.74) is 0.157. The molecule has 1 aliphatic heterocycles. The highest BCUT2D eigenvalue weighted by Crippen LogP contribution is 2.43. The van der Waals surface area contributed by atoms with E-state index in [1.54, 1.807) is 4.90 Å². The molecule has 1 N–H and O–H groups in total. The average molecular weight is 530 g/mol. The van der Waals surface area contributed by atoms with E-state index in [0.717, 1.165) is 17.5 Å². The molecule has 1 aromatic heterocycles. The molecule has 4 rings (SSSR count). The number of anilines is 1. The van der Waals surface area contributed by atoms with Gasteiger partial charge < -0.3 is 19.6 Å². The van der Waals surface area contributed by atoms with Crippen molar-refractivity contribution in [1.29, 1.82) is 0 Å². The van der Waals surface area contributed by atoms with Crippen LogP contribution in [-0.2, 0) is 32.6 Å². The predicted molar refractivity (Wildman–Crippen MR) is 135 cm³/mol. The molecule has 12 heteroatoms. The molecule has 11 nitrogen and oxygen atoms in total. The van der Waals surface area contributed by atoms with E-state index in [-0.39, 0.29) is 55.4 Å². The van der Waals surface area contributed by atoms with Crippen molar-refractivity contribution in [2.75, 3.05) is 38.3 Å². The number of fused-ring (bicyclic) bond motifs is 1. The van der Waals surface area contributed by atoms with Crippen molar-refractivity contribution in [2.45, 2.75) is 37.1 Å². The molecule has 1 fully saturated rings. The fraction of sp³-hybridized carbons (Fsp3) is 0.440. The van der Waals surface area contributed by atoms with E-state index in [1.807, 2.05) is 24.3 Å². The molecule has 196 valence electrons. The Kier molecular flexibility index (Phi) is 7.74. The minimum absolute atomic E-state index is 0.00314. The molecule has 1 aromatic carbocycles. The van der Waals surface area contributed by atoms with E-state index < -0.39 is 28.0 Å². The van der Waals surface area contributed by atoms with E-state index in [1.165, 1.54) is 18.1 Å². The van der Waals surface area contributed by atoms with Crippen molar-refractivity contribution < 1.29 is 24.4 Å². The molecule has 2 aromatic rings. The van der Waals surface area contributed by atoms with Crippen LogP contribution in [0.15, 0.2) is 36.9 Å². The predicted octanol–water partition coefficient (Wildman–Crippen LogP) is 2.22. The summed E-state index contributed by atoms with van der Waals surface area (Å²) < 4.78 is 5.20. The smallest absolute Gasteiger partial charge is 0.333 e. The summed E-state index contributed by atoms with van der Waals surface area (Å²) in [6.07, 6.45) is 2.96. The summed E-state index contributed by atoms with van der Waals surface area (Å²) in [6, 6.07) is 6.83. The Bertz CT molecular complexity index is 1240. The Hall–Kier alpha value is -3.57. The van der Waals surface area contributed by atoms with Crippen LogP contribution in [0.5, 0.6) is 0 Å². The molecule has 0 saturated carbocycles. The normalized spacial score (nSPS) is 21.2. The van der Waals surface area contributed by atoms with Gasteiger partial charge in [0.1, 0.15) is 5.69 Å². The summed E-state index contributed by atoms with van der Waals surface area (Å²) in [4.78, 5) is 48.7. The standard InChI is InChI=1S/C25H28ClN5O6/c1-3-20(33)29-11-12-30(17(14-29)15-32)22-21(31(35)36)19(27-24(26)28-22)13-25(23(34)37-2)10-6-8-16-7-4-5-9-18(16)25/h3-5,7,9,17,32H,1,6,8,10-15H2,2H3. The lowest BCUT2D eigenvalue weighted by Crippen LogP contribution is -2.56. The molecule has 1 amide bonds. The van der Waals surface area contributed by atoms with Gasteiger partial charge in [0.2, 0.25) is 17.0 Å². The van der Waals surface area contributed by atoms with Gasteiger partial charge in [-0.1, -0.05) is 30.8 Å². The second-order valence-electron chi connectivity index (χ2n) is 9.15. The number of benzene rings is 1. The minimum atomic E-state index is -1.19. The highest BCUT2D eigenvalue weighted by atomic mass is 35.5. The van der Waals surface area contributed by atoms with Gasteiger partial charge in [-0.05, 0) is 48.1 Å². The molecular formula is C25H28ClN5O6.